The van der Waals surface area contributed by atoms with Gasteiger partial charge in [0.15, 0.2) is 0 Å². The number of benzene rings is 2. The predicted molar refractivity (Wildman–Crippen MR) is 85.7 cm³/mol. The highest BCUT2D eigenvalue weighted by molar-refractivity contribution is 5.88. The number of hydrogen-bond acceptors (Lipinski definition) is 3. The van der Waals surface area contributed by atoms with Crippen LogP contribution < -0.4 is 10.1 Å². The van der Waals surface area contributed by atoms with Gasteiger partial charge in [-0.3, -0.25) is 0 Å². The van der Waals surface area contributed by atoms with E-state index in [-0.39, 0.29) is 12.1 Å². The van der Waals surface area contributed by atoms with Gasteiger partial charge in [-0.05, 0) is 36.8 Å². The van der Waals surface area contributed by atoms with Crippen LogP contribution in [0.1, 0.15) is 19.8 Å². The molecular weight excluding hydrogens is 262 g/mol. The van der Waals surface area contributed by atoms with Crippen molar-refractivity contribution >= 4 is 10.8 Å². The summed E-state index contributed by atoms with van der Waals surface area (Å²) in [5.41, 5.74) is -0.300. The molecule has 0 amide bonds. The van der Waals surface area contributed by atoms with Gasteiger partial charge in [-0.1, -0.05) is 43.3 Å². The number of rotatable bonds is 7. The second kappa shape index (κ2) is 6.04. The van der Waals surface area contributed by atoms with Crippen LogP contribution in [-0.4, -0.2) is 30.4 Å². The SMILES string of the molecule is CCNC(CO)(COc1cccc2ccccc12)C1CC1. The molecule has 0 saturated heterocycles. The lowest BCUT2D eigenvalue weighted by Gasteiger charge is -2.33. The lowest BCUT2D eigenvalue weighted by Crippen LogP contribution is -2.55. The van der Waals surface area contributed by atoms with E-state index < -0.39 is 0 Å². The van der Waals surface area contributed by atoms with E-state index >= 15 is 0 Å². The number of ether oxygens (including phenoxy) is 1. The summed E-state index contributed by atoms with van der Waals surface area (Å²) in [5, 5.41) is 15.6. The summed E-state index contributed by atoms with van der Waals surface area (Å²) < 4.78 is 6.11. The Kier molecular flexibility index (Phi) is 4.13. The van der Waals surface area contributed by atoms with Crippen LogP contribution in [0.3, 0.4) is 0 Å². The fourth-order valence-electron chi connectivity index (χ4n) is 3.06. The van der Waals surface area contributed by atoms with Gasteiger partial charge in [0.2, 0.25) is 0 Å². The lowest BCUT2D eigenvalue weighted by atomic mass is 9.95. The molecule has 3 heteroatoms. The smallest absolute Gasteiger partial charge is 0.127 e. The minimum atomic E-state index is -0.300. The van der Waals surface area contributed by atoms with Gasteiger partial charge in [0.05, 0.1) is 12.1 Å². The molecule has 1 atom stereocenters. The number of aliphatic hydroxyl groups excluding tert-OH is 1. The average molecular weight is 285 g/mol. The first-order chi connectivity index (χ1) is 10.3. The van der Waals surface area contributed by atoms with E-state index in [1.165, 1.54) is 18.2 Å². The Morgan fingerprint density at radius 3 is 2.67 bits per heavy atom. The van der Waals surface area contributed by atoms with Crippen molar-refractivity contribution in [3.8, 4) is 5.75 Å². The lowest BCUT2D eigenvalue weighted by molar-refractivity contribution is 0.0871. The fourth-order valence-corrected chi connectivity index (χ4v) is 3.06. The minimum Gasteiger partial charge on any atom is -0.491 e. The predicted octanol–water partition coefficient (Wildman–Crippen LogP) is 2.97. The van der Waals surface area contributed by atoms with Gasteiger partial charge < -0.3 is 15.2 Å². The van der Waals surface area contributed by atoms with Crippen LogP contribution in [0.25, 0.3) is 10.8 Å². The summed E-state index contributed by atoms with van der Waals surface area (Å²) in [7, 11) is 0. The molecule has 0 aliphatic heterocycles. The first-order valence-electron chi connectivity index (χ1n) is 7.75. The summed E-state index contributed by atoms with van der Waals surface area (Å²) >= 11 is 0. The summed E-state index contributed by atoms with van der Waals surface area (Å²) in [6.07, 6.45) is 2.35. The van der Waals surface area contributed by atoms with E-state index in [1.807, 2.05) is 24.3 Å². The third-order valence-electron chi connectivity index (χ3n) is 4.40. The molecule has 1 aliphatic carbocycles. The largest absolute Gasteiger partial charge is 0.491 e. The van der Waals surface area contributed by atoms with E-state index in [1.54, 1.807) is 0 Å². The average Bonchev–Trinajstić information content (AvgIpc) is 3.37. The molecule has 1 aliphatic rings. The molecule has 112 valence electrons. The molecule has 1 fully saturated rings. The monoisotopic (exact) mass is 285 g/mol. The Bertz CT molecular complexity index is 604. The van der Waals surface area contributed by atoms with Crippen molar-refractivity contribution in [1.82, 2.24) is 5.32 Å². The molecule has 1 saturated carbocycles. The summed E-state index contributed by atoms with van der Waals surface area (Å²) in [4.78, 5) is 0. The van der Waals surface area contributed by atoms with Crippen LogP contribution in [0.4, 0.5) is 0 Å². The van der Waals surface area contributed by atoms with Crippen molar-refractivity contribution in [1.29, 1.82) is 0 Å². The van der Waals surface area contributed by atoms with Gasteiger partial charge >= 0.3 is 0 Å². The molecule has 2 N–H and O–H groups in total. The topological polar surface area (TPSA) is 41.5 Å². The van der Waals surface area contributed by atoms with E-state index in [9.17, 15) is 5.11 Å². The van der Waals surface area contributed by atoms with Crippen molar-refractivity contribution in [2.24, 2.45) is 5.92 Å². The second-order valence-corrected chi connectivity index (χ2v) is 5.88. The number of aliphatic hydroxyl groups is 1. The van der Waals surface area contributed by atoms with Crippen LogP contribution in [0.2, 0.25) is 0 Å². The Balaban J connectivity index is 1.81. The quantitative estimate of drug-likeness (QED) is 0.822. The van der Waals surface area contributed by atoms with Crippen LogP contribution in [-0.2, 0) is 0 Å². The number of hydrogen-bond donors (Lipinski definition) is 2. The zero-order valence-electron chi connectivity index (χ0n) is 12.5. The van der Waals surface area contributed by atoms with Crippen LogP contribution in [0, 0.1) is 5.92 Å². The van der Waals surface area contributed by atoms with Gasteiger partial charge in [0.1, 0.15) is 12.4 Å². The van der Waals surface area contributed by atoms with E-state index in [0.717, 1.165) is 17.7 Å². The highest BCUT2D eigenvalue weighted by atomic mass is 16.5. The van der Waals surface area contributed by atoms with Crippen LogP contribution in [0.5, 0.6) is 5.75 Å². The fraction of sp³-hybridized carbons (Fsp3) is 0.444. The van der Waals surface area contributed by atoms with E-state index in [2.05, 4.69) is 30.4 Å². The maximum atomic E-state index is 9.87. The van der Waals surface area contributed by atoms with Crippen molar-refractivity contribution in [2.45, 2.75) is 25.3 Å². The summed E-state index contributed by atoms with van der Waals surface area (Å²) in [6.45, 7) is 3.55. The maximum Gasteiger partial charge on any atom is 0.127 e. The molecular formula is C18H23NO2. The Morgan fingerprint density at radius 2 is 1.95 bits per heavy atom. The van der Waals surface area contributed by atoms with Gasteiger partial charge in [0, 0.05) is 5.39 Å². The van der Waals surface area contributed by atoms with Crippen molar-refractivity contribution in [2.75, 3.05) is 19.8 Å². The molecule has 2 aromatic carbocycles. The number of nitrogens with one attached hydrogen (secondary N) is 1. The Hall–Kier alpha value is -1.58. The minimum absolute atomic E-state index is 0.121. The van der Waals surface area contributed by atoms with Gasteiger partial charge in [-0.2, -0.15) is 0 Å². The first-order valence-corrected chi connectivity index (χ1v) is 7.75. The zero-order valence-corrected chi connectivity index (χ0v) is 12.5. The number of fused-ring (bicyclic) bond motifs is 1. The third-order valence-corrected chi connectivity index (χ3v) is 4.40. The van der Waals surface area contributed by atoms with Gasteiger partial charge in [-0.25, -0.2) is 0 Å². The van der Waals surface area contributed by atoms with Crippen molar-refractivity contribution in [3.05, 3.63) is 42.5 Å². The van der Waals surface area contributed by atoms with Gasteiger partial charge in [0.25, 0.3) is 0 Å². The maximum absolute atomic E-state index is 9.87. The summed E-state index contributed by atoms with van der Waals surface area (Å²) in [5.74, 6) is 1.42. The first kappa shape index (κ1) is 14.4. The molecule has 0 radical (unpaired) electrons. The molecule has 0 heterocycles. The van der Waals surface area contributed by atoms with Crippen LogP contribution in [0.15, 0.2) is 42.5 Å². The molecule has 0 bridgehead atoms. The van der Waals surface area contributed by atoms with Crippen molar-refractivity contribution in [3.63, 3.8) is 0 Å². The molecule has 0 aromatic heterocycles. The van der Waals surface area contributed by atoms with E-state index in [4.69, 9.17) is 4.74 Å². The molecule has 3 rings (SSSR count). The molecule has 0 spiro atoms. The highest BCUT2D eigenvalue weighted by Crippen LogP contribution is 2.40. The van der Waals surface area contributed by atoms with Gasteiger partial charge in [-0.15, -0.1) is 0 Å². The van der Waals surface area contributed by atoms with Crippen LogP contribution >= 0.6 is 0 Å². The van der Waals surface area contributed by atoms with E-state index in [0.29, 0.717) is 12.5 Å². The number of likely N-dealkylation sites (N-methyl/N-ethyl adjacent to an activating group) is 1. The normalized spacial score (nSPS) is 17.6. The van der Waals surface area contributed by atoms with Crippen molar-refractivity contribution < 1.29 is 9.84 Å². The standard InChI is InChI=1S/C18H23NO2/c1-2-19-18(12-20,15-10-11-15)13-21-17-9-5-7-14-6-3-4-8-16(14)17/h3-9,15,19-20H,2,10-13H2,1H3. The molecule has 2 aromatic rings. The summed E-state index contributed by atoms with van der Waals surface area (Å²) in [6, 6.07) is 14.3. The zero-order chi connectivity index (χ0) is 14.7. The highest BCUT2D eigenvalue weighted by Gasteiger charge is 2.45. The second-order valence-electron chi connectivity index (χ2n) is 5.88. The molecule has 21 heavy (non-hydrogen) atoms. The Labute approximate surface area is 125 Å². The Morgan fingerprint density at radius 1 is 1.19 bits per heavy atom. The molecule has 1 unspecified atom stereocenters. The third kappa shape index (κ3) is 2.89. The molecule has 3 nitrogen and oxygen atoms in total.